The summed E-state index contributed by atoms with van der Waals surface area (Å²) in [5, 5.41) is 23.2. The van der Waals surface area contributed by atoms with Crippen molar-refractivity contribution in [2.24, 2.45) is 46.3 Å². The Bertz CT molecular complexity index is 981. The normalized spacial score (nSPS) is 44.2. The molecule has 4 N–H and O–H groups in total. The molecule has 0 aliphatic heterocycles. The highest BCUT2D eigenvalue weighted by Crippen LogP contribution is 2.72. The molecular formula is C28H53NO7P2S. The van der Waals surface area contributed by atoms with Gasteiger partial charge in [0.25, 0.3) is 0 Å². The molecule has 228 valence electrons. The minimum atomic E-state index is -3.08. The lowest BCUT2D eigenvalue weighted by Crippen LogP contribution is -2.63. The SMILES string of the molecule is CC(CCC(=O)NCCS(C)(=O)=O)C1CCC2C3C(CCC12C)C1(C)CCC(C)(O)CC1CC3(P)OO.OP. The lowest BCUT2D eigenvalue weighted by Gasteiger charge is -2.65. The molecule has 4 aliphatic carbocycles. The summed E-state index contributed by atoms with van der Waals surface area (Å²) in [6, 6.07) is 0. The zero-order valence-corrected chi connectivity index (χ0v) is 27.6. The van der Waals surface area contributed by atoms with Crippen LogP contribution in [0.15, 0.2) is 0 Å². The van der Waals surface area contributed by atoms with E-state index in [0.29, 0.717) is 36.0 Å². The molecule has 0 aromatic heterocycles. The highest BCUT2D eigenvalue weighted by Gasteiger charge is 2.67. The smallest absolute Gasteiger partial charge is 0.220 e. The average Bonchev–Trinajstić information content (AvgIpc) is 3.21. The summed E-state index contributed by atoms with van der Waals surface area (Å²) < 4.78 is 22.7. The van der Waals surface area contributed by atoms with E-state index in [1.54, 1.807) is 0 Å². The number of fused-ring (bicyclic) bond motifs is 5. The summed E-state index contributed by atoms with van der Waals surface area (Å²) in [7, 11) is 1.25. The Balaban J connectivity index is 0.00000205. The highest BCUT2D eigenvalue weighted by molar-refractivity contribution is 7.90. The fourth-order valence-electron chi connectivity index (χ4n) is 9.58. The third kappa shape index (κ3) is 6.86. The molecule has 0 spiro atoms. The molecule has 0 saturated heterocycles. The van der Waals surface area contributed by atoms with E-state index in [4.69, 9.17) is 9.78 Å². The molecule has 0 aromatic carbocycles. The molecule has 12 unspecified atom stereocenters. The van der Waals surface area contributed by atoms with Crippen molar-refractivity contribution in [1.29, 1.82) is 0 Å². The number of hydrogen-bond donors (Lipinski definition) is 4. The summed E-state index contributed by atoms with van der Waals surface area (Å²) in [5.41, 5.74) is -0.357. The number of carbonyl (C=O) groups excluding carboxylic acids is 1. The fourth-order valence-corrected chi connectivity index (χ4v) is 10.8. The maximum absolute atomic E-state index is 12.4. The molecule has 39 heavy (non-hydrogen) atoms. The second-order valence-electron chi connectivity index (χ2n) is 14.1. The van der Waals surface area contributed by atoms with Crippen molar-refractivity contribution in [2.45, 2.75) is 103 Å². The van der Waals surface area contributed by atoms with E-state index in [0.717, 1.165) is 57.8 Å². The van der Waals surface area contributed by atoms with E-state index in [1.165, 1.54) is 15.7 Å². The Hall–Kier alpha value is 0.120. The molecule has 4 fully saturated rings. The van der Waals surface area contributed by atoms with Gasteiger partial charge in [0.2, 0.25) is 5.91 Å². The van der Waals surface area contributed by atoms with E-state index in [1.807, 2.05) is 6.92 Å². The number of aliphatic hydroxyl groups is 1. The number of hydrogen-bond acceptors (Lipinski definition) is 7. The van der Waals surface area contributed by atoms with Crippen molar-refractivity contribution in [2.75, 3.05) is 18.6 Å². The Morgan fingerprint density at radius 3 is 2.31 bits per heavy atom. The summed E-state index contributed by atoms with van der Waals surface area (Å²) in [6.07, 6.45) is 10.3. The van der Waals surface area contributed by atoms with Gasteiger partial charge in [-0.2, -0.15) is 0 Å². The second-order valence-corrected chi connectivity index (χ2v) is 17.4. The van der Waals surface area contributed by atoms with Gasteiger partial charge in [0.05, 0.1) is 11.4 Å². The maximum atomic E-state index is 12.4. The van der Waals surface area contributed by atoms with E-state index >= 15 is 0 Å². The van der Waals surface area contributed by atoms with Gasteiger partial charge in [0.1, 0.15) is 15.2 Å². The summed E-state index contributed by atoms with van der Waals surface area (Å²) in [6.45, 7) is 9.27. The summed E-state index contributed by atoms with van der Waals surface area (Å²) in [4.78, 5) is 24.7. The topological polar surface area (TPSA) is 133 Å². The Labute approximate surface area is 240 Å². The lowest BCUT2D eigenvalue weighted by molar-refractivity contribution is -0.344. The van der Waals surface area contributed by atoms with Crippen LogP contribution in [0.3, 0.4) is 0 Å². The molecule has 1 amide bonds. The minimum Gasteiger partial charge on any atom is -0.390 e. The van der Waals surface area contributed by atoms with Crippen LogP contribution in [-0.2, 0) is 19.5 Å². The van der Waals surface area contributed by atoms with Crippen molar-refractivity contribution in [3.63, 3.8) is 0 Å². The molecule has 4 rings (SSSR count). The Morgan fingerprint density at radius 2 is 1.69 bits per heavy atom. The second kappa shape index (κ2) is 12.4. The number of amides is 1. The molecule has 4 saturated carbocycles. The van der Waals surface area contributed by atoms with Crippen LogP contribution in [0.1, 0.15) is 91.9 Å². The van der Waals surface area contributed by atoms with Gasteiger partial charge in [-0.25, -0.2) is 13.3 Å². The first-order valence-electron chi connectivity index (χ1n) is 14.6. The molecule has 8 nitrogen and oxygen atoms in total. The molecule has 11 heteroatoms. The zero-order chi connectivity index (χ0) is 29.4. The van der Waals surface area contributed by atoms with Gasteiger partial charge >= 0.3 is 0 Å². The van der Waals surface area contributed by atoms with E-state index < -0.39 is 20.8 Å². The van der Waals surface area contributed by atoms with Crippen LogP contribution in [0, 0.1) is 46.3 Å². The highest BCUT2D eigenvalue weighted by atomic mass is 32.2. The fraction of sp³-hybridized carbons (Fsp3) is 0.964. The van der Waals surface area contributed by atoms with Crippen LogP contribution in [0.2, 0.25) is 0 Å². The van der Waals surface area contributed by atoms with Gasteiger partial charge in [0.15, 0.2) is 0 Å². The van der Waals surface area contributed by atoms with Crippen molar-refractivity contribution < 1.29 is 33.4 Å². The summed E-state index contributed by atoms with van der Waals surface area (Å²) in [5.74, 6) is 2.28. The third-order valence-electron chi connectivity index (χ3n) is 11.6. The van der Waals surface area contributed by atoms with Gasteiger partial charge < -0.3 is 15.3 Å². The summed E-state index contributed by atoms with van der Waals surface area (Å²) >= 11 is 0. The predicted molar refractivity (Wildman–Crippen MR) is 160 cm³/mol. The molecule has 0 bridgehead atoms. The van der Waals surface area contributed by atoms with Gasteiger partial charge in [-0.15, -0.1) is 0 Å². The molecule has 0 heterocycles. The Kier molecular flexibility index (Phi) is 10.7. The van der Waals surface area contributed by atoms with Crippen LogP contribution in [0.5, 0.6) is 0 Å². The molecule has 0 aromatic rings. The monoisotopic (exact) mass is 609 g/mol. The lowest BCUT2D eigenvalue weighted by atomic mass is 9.43. The van der Waals surface area contributed by atoms with E-state index in [2.05, 4.69) is 35.3 Å². The molecule has 12 atom stereocenters. The standard InChI is InChI=1S/C28H50NO6PS.H3OP/c1-18(6-9-23(30)29-14-15-37(5,33)34)20-7-8-21-24-22(10-11-27(20,21)4)26(3)13-12-25(2,31)16-19(26)17-28(24,36)35-32;1-2/h18-22,24,31-32H,6-17,36H2,1-5H3,(H,29,30);1H,2H2. The van der Waals surface area contributed by atoms with Crippen LogP contribution in [-0.4, -0.2) is 59.1 Å². The number of nitrogens with one attached hydrogen (secondary N) is 1. The minimum absolute atomic E-state index is 0.0275. The number of rotatable bonds is 8. The predicted octanol–water partition coefficient (Wildman–Crippen LogP) is 4.41. The van der Waals surface area contributed by atoms with Crippen LogP contribution in [0.4, 0.5) is 0 Å². The first-order chi connectivity index (χ1) is 18.0. The average molecular weight is 610 g/mol. The van der Waals surface area contributed by atoms with E-state index in [9.17, 15) is 23.6 Å². The number of carbonyl (C=O) groups is 1. The van der Waals surface area contributed by atoms with Gasteiger partial charge in [-0.05, 0) is 115 Å². The van der Waals surface area contributed by atoms with Crippen molar-refractivity contribution in [3.05, 3.63) is 0 Å². The van der Waals surface area contributed by atoms with Crippen LogP contribution < -0.4 is 5.32 Å². The first-order valence-corrected chi connectivity index (χ1v) is 17.7. The van der Waals surface area contributed by atoms with Gasteiger partial charge in [-0.3, -0.25) is 10.1 Å². The Morgan fingerprint density at radius 1 is 1.05 bits per heavy atom. The molecular weight excluding hydrogens is 556 g/mol. The van der Waals surface area contributed by atoms with Gasteiger partial charge in [0, 0.05) is 25.1 Å². The number of sulfone groups is 1. The van der Waals surface area contributed by atoms with Gasteiger partial charge in [-0.1, -0.05) is 30.0 Å². The molecule has 4 aliphatic rings. The largest absolute Gasteiger partial charge is 0.390 e. The molecule has 0 radical (unpaired) electrons. The van der Waals surface area contributed by atoms with Crippen LogP contribution in [0.25, 0.3) is 0 Å². The quantitative estimate of drug-likeness (QED) is 0.182. The first kappa shape index (κ1) is 33.6. The zero-order valence-electron chi connectivity index (χ0n) is 24.5. The van der Waals surface area contributed by atoms with E-state index in [-0.39, 0.29) is 35.0 Å². The van der Waals surface area contributed by atoms with Crippen molar-refractivity contribution in [1.82, 2.24) is 5.32 Å². The maximum Gasteiger partial charge on any atom is 0.220 e. The van der Waals surface area contributed by atoms with Crippen molar-refractivity contribution in [3.8, 4) is 0 Å². The third-order valence-corrected chi connectivity index (χ3v) is 13.3. The van der Waals surface area contributed by atoms with Crippen LogP contribution >= 0.6 is 18.7 Å². The van der Waals surface area contributed by atoms with Crippen molar-refractivity contribution >= 4 is 34.5 Å².